The zero-order chi connectivity index (χ0) is 11.5. The zero-order valence-electron chi connectivity index (χ0n) is 9.44. The molecule has 1 rings (SSSR count). The second-order valence-corrected chi connectivity index (χ2v) is 5.90. The van der Waals surface area contributed by atoms with Crippen LogP contribution in [0.25, 0.3) is 0 Å². The first-order valence-electron chi connectivity index (χ1n) is 5.41. The van der Waals surface area contributed by atoms with Gasteiger partial charge in [0, 0.05) is 12.6 Å². The minimum absolute atomic E-state index is 0.0603. The lowest BCUT2D eigenvalue weighted by molar-refractivity contribution is 0.261. The average molecular weight is 235 g/mol. The van der Waals surface area contributed by atoms with Gasteiger partial charge in [0.25, 0.3) is 10.2 Å². The Morgan fingerprint density at radius 1 is 1.40 bits per heavy atom. The first-order chi connectivity index (χ1) is 6.91. The molecule has 0 atom stereocenters. The van der Waals surface area contributed by atoms with E-state index in [1.54, 1.807) is 0 Å². The monoisotopic (exact) mass is 235 g/mol. The largest absolute Gasteiger partial charge is 0.317 e. The highest BCUT2D eigenvalue weighted by atomic mass is 32.2. The van der Waals surface area contributed by atoms with Crippen LogP contribution in [0.1, 0.15) is 26.7 Å². The fourth-order valence-corrected chi connectivity index (χ4v) is 2.93. The van der Waals surface area contributed by atoms with E-state index in [4.69, 9.17) is 5.14 Å². The third-order valence-corrected chi connectivity index (χ3v) is 4.02. The molecule has 0 spiro atoms. The Hall–Kier alpha value is -0.170. The van der Waals surface area contributed by atoms with Gasteiger partial charge in [-0.15, -0.1) is 0 Å². The zero-order valence-corrected chi connectivity index (χ0v) is 10.3. The summed E-state index contributed by atoms with van der Waals surface area (Å²) in [6, 6.07) is -0.0603. The van der Waals surface area contributed by atoms with Crippen LogP contribution in [0.4, 0.5) is 0 Å². The lowest BCUT2D eigenvalue weighted by atomic mass is 9.98. The maximum Gasteiger partial charge on any atom is 0.277 e. The van der Waals surface area contributed by atoms with Crippen molar-refractivity contribution in [3.8, 4) is 0 Å². The highest BCUT2D eigenvalue weighted by molar-refractivity contribution is 7.86. The Morgan fingerprint density at radius 2 is 1.93 bits per heavy atom. The van der Waals surface area contributed by atoms with Crippen LogP contribution in [0.5, 0.6) is 0 Å². The van der Waals surface area contributed by atoms with Crippen LogP contribution in [-0.4, -0.2) is 38.4 Å². The first-order valence-corrected chi connectivity index (χ1v) is 6.92. The van der Waals surface area contributed by atoms with Crippen molar-refractivity contribution < 1.29 is 8.42 Å². The molecule has 0 unspecified atom stereocenters. The van der Waals surface area contributed by atoms with Crippen molar-refractivity contribution in [2.24, 2.45) is 11.1 Å². The van der Waals surface area contributed by atoms with E-state index in [-0.39, 0.29) is 6.04 Å². The third-order valence-electron chi connectivity index (χ3n) is 2.80. The molecule has 0 saturated carbocycles. The summed E-state index contributed by atoms with van der Waals surface area (Å²) in [5, 5.41) is 8.44. The Labute approximate surface area is 92.2 Å². The normalized spacial score (nSPS) is 20.1. The van der Waals surface area contributed by atoms with Crippen molar-refractivity contribution >= 4 is 10.2 Å². The van der Waals surface area contributed by atoms with Crippen molar-refractivity contribution in [2.75, 3.05) is 19.6 Å². The molecule has 0 radical (unpaired) electrons. The Balaban J connectivity index is 2.58. The third kappa shape index (κ3) is 4.06. The number of nitrogens with zero attached hydrogens (tertiary/aromatic N) is 1. The maximum absolute atomic E-state index is 11.3. The highest BCUT2D eigenvalue weighted by Crippen LogP contribution is 2.16. The predicted octanol–water partition coefficient (Wildman–Crippen LogP) is -0.100. The van der Waals surface area contributed by atoms with E-state index in [1.807, 2.05) is 13.8 Å². The molecule has 1 aliphatic rings. The Bertz CT molecular complexity index is 284. The molecule has 0 aromatic carbocycles. The van der Waals surface area contributed by atoms with Gasteiger partial charge >= 0.3 is 0 Å². The van der Waals surface area contributed by atoms with E-state index in [1.165, 1.54) is 4.31 Å². The molecule has 1 heterocycles. The molecule has 5 nitrogen and oxygen atoms in total. The number of nitrogens with one attached hydrogen (secondary N) is 1. The van der Waals surface area contributed by atoms with E-state index in [9.17, 15) is 8.42 Å². The molecule has 6 heteroatoms. The average Bonchev–Trinajstić information content (AvgIpc) is 2.13. The van der Waals surface area contributed by atoms with Crippen LogP contribution in [-0.2, 0) is 10.2 Å². The van der Waals surface area contributed by atoms with Gasteiger partial charge < -0.3 is 5.32 Å². The lowest BCUT2D eigenvalue weighted by Gasteiger charge is -2.30. The van der Waals surface area contributed by atoms with Crippen molar-refractivity contribution in [1.82, 2.24) is 9.62 Å². The summed E-state index contributed by atoms with van der Waals surface area (Å²) in [4.78, 5) is 0. The van der Waals surface area contributed by atoms with Gasteiger partial charge in [-0.3, -0.25) is 0 Å². The van der Waals surface area contributed by atoms with Crippen LogP contribution < -0.4 is 10.5 Å². The molecular weight excluding hydrogens is 214 g/mol. The molecule has 3 N–H and O–H groups in total. The van der Waals surface area contributed by atoms with Gasteiger partial charge in [0.15, 0.2) is 0 Å². The molecule has 1 saturated heterocycles. The fraction of sp³-hybridized carbons (Fsp3) is 1.00. The minimum atomic E-state index is -3.55. The molecule has 1 fully saturated rings. The van der Waals surface area contributed by atoms with Gasteiger partial charge in [-0.05, 0) is 45.7 Å². The van der Waals surface area contributed by atoms with Gasteiger partial charge in [-0.25, -0.2) is 5.14 Å². The summed E-state index contributed by atoms with van der Waals surface area (Å²) in [6.45, 7) is 6.21. The number of piperidine rings is 1. The van der Waals surface area contributed by atoms with Gasteiger partial charge in [-0.2, -0.15) is 12.7 Å². The number of rotatable bonds is 4. The van der Waals surface area contributed by atoms with Crippen molar-refractivity contribution in [3.05, 3.63) is 0 Å². The van der Waals surface area contributed by atoms with Gasteiger partial charge in [-0.1, -0.05) is 0 Å². The summed E-state index contributed by atoms with van der Waals surface area (Å²) in [6.07, 6.45) is 2.05. The molecule has 0 aromatic heterocycles. The quantitative estimate of drug-likeness (QED) is 0.714. The van der Waals surface area contributed by atoms with Crippen LogP contribution in [0.2, 0.25) is 0 Å². The standard InChI is InChI=1S/C9H21N3O2S/c1-8(2)12(15(10,13)14)7-9-3-5-11-6-4-9/h8-9,11H,3-7H2,1-2H3,(H2,10,13,14). The summed E-state index contributed by atoms with van der Waals surface area (Å²) >= 11 is 0. The molecule has 0 aliphatic carbocycles. The fourth-order valence-electron chi connectivity index (χ4n) is 1.93. The summed E-state index contributed by atoms with van der Waals surface area (Å²) in [7, 11) is -3.55. The molecule has 15 heavy (non-hydrogen) atoms. The van der Waals surface area contributed by atoms with Crippen LogP contribution in [0.3, 0.4) is 0 Å². The molecule has 0 amide bonds. The second-order valence-electron chi connectivity index (χ2n) is 4.40. The van der Waals surface area contributed by atoms with Gasteiger partial charge in [0.2, 0.25) is 0 Å². The number of hydrogen-bond donors (Lipinski definition) is 2. The number of hydrogen-bond acceptors (Lipinski definition) is 3. The maximum atomic E-state index is 11.3. The van der Waals surface area contributed by atoms with Crippen molar-refractivity contribution in [2.45, 2.75) is 32.7 Å². The van der Waals surface area contributed by atoms with Crippen LogP contribution in [0.15, 0.2) is 0 Å². The topological polar surface area (TPSA) is 75.4 Å². The minimum Gasteiger partial charge on any atom is -0.317 e. The van der Waals surface area contributed by atoms with Gasteiger partial charge in [0.05, 0.1) is 0 Å². The first kappa shape index (κ1) is 12.9. The summed E-state index contributed by atoms with van der Waals surface area (Å²) in [5.74, 6) is 0.437. The van der Waals surface area contributed by atoms with Gasteiger partial charge in [0.1, 0.15) is 0 Å². The molecule has 0 bridgehead atoms. The Kier molecular flexibility index (Phi) is 4.51. The molecular formula is C9H21N3O2S. The van der Waals surface area contributed by atoms with E-state index in [2.05, 4.69) is 5.32 Å². The summed E-state index contributed by atoms with van der Waals surface area (Å²) in [5.41, 5.74) is 0. The van der Waals surface area contributed by atoms with E-state index in [0.717, 1.165) is 25.9 Å². The Morgan fingerprint density at radius 3 is 2.33 bits per heavy atom. The van der Waals surface area contributed by atoms with Crippen LogP contribution in [0, 0.1) is 5.92 Å². The number of nitrogens with two attached hydrogens (primary N) is 1. The van der Waals surface area contributed by atoms with E-state index in [0.29, 0.717) is 12.5 Å². The molecule has 1 aliphatic heterocycles. The second kappa shape index (κ2) is 5.25. The highest BCUT2D eigenvalue weighted by Gasteiger charge is 2.25. The SMILES string of the molecule is CC(C)N(CC1CCNCC1)S(N)(=O)=O. The van der Waals surface area contributed by atoms with Crippen molar-refractivity contribution in [3.63, 3.8) is 0 Å². The molecule has 0 aromatic rings. The predicted molar refractivity (Wildman–Crippen MR) is 60.5 cm³/mol. The van der Waals surface area contributed by atoms with E-state index < -0.39 is 10.2 Å². The summed E-state index contributed by atoms with van der Waals surface area (Å²) < 4.78 is 24.1. The lowest BCUT2D eigenvalue weighted by Crippen LogP contribution is -2.45. The van der Waals surface area contributed by atoms with Crippen LogP contribution >= 0.6 is 0 Å². The van der Waals surface area contributed by atoms with Crippen molar-refractivity contribution in [1.29, 1.82) is 0 Å². The smallest absolute Gasteiger partial charge is 0.277 e. The molecule has 90 valence electrons. The van der Waals surface area contributed by atoms with E-state index >= 15 is 0 Å².